The van der Waals surface area contributed by atoms with Gasteiger partial charge in [-0.05, 0) is 12.1 Å². The summed E-state index contributed by atoms with van der Waals surface area (Å²) < 4.78 is 16.1. The summed E-state index contributed by atoms with van der Waals surface area (Å²) >= 11 is 0. The molecule has 1 fully saturated rings. The minimum atomic E-state index is -0.932. The molecule has 1 aromatic rings. The van der Waals surface area contributed by atoms with Gasteiger partial charge in [0.15, 0.2) is 0 Å². The Bertz CT molecular complexity index is 507. The number of nitrogens with zero attached hydrogens (tertiary/aromatic N) is 1. The van der Waals surface area contributed by atoms with E-state index in [2.05, 4.69) is 0 Å². The lowest BCUT2D eigenvalue weighted by Gasteiger charge is -2.32. The molecule has 0 unspecified atom stereocenters. The Kier molecular flexibility index (Phi) is 6.83. The lowest BCUT2D eigenvalue weighted by atomic mass is 10.2. The maximum Gasteiger partial charge on any atom is 0.306 e. The van der Waals surface area contributed by atoms with Gasteiger partial charge in [0.25, 0.3) is 0 Å². The molecule has 0 aliphatic carbocycles. The summed E-state index contributed by atoms with van der Waals surface area (Å²) in [5.41, 5.74) is 0. The Morgan fingerprint density at radius 3 is 2.78 bits per heavy atom. The van der Waals surface area contributed by atoms with Crippen molar-refractivity contribution in [1.82, 2.24) is 4.90 Å². The van der Waals surface area contributed by atoms with Crippen molar-refractivity contribution in [1.29, 1.82) is 0 Å². The molecule has 1 saturated heterocycles. The third-order valence-corrected chi connectivity index (χ3v) is 3.36. The van der Waals surface area contributed by atoms with E-state index in [1.807, 2.05) is 30.3 Å². The van der Waals surface area contributed by atoms with Crippen molar-refractivity contribution in [3.63, 3.8) is 0 Å². The van der Waals surface area contributed by atoms with E-state index in [0.717, 1.165) is 5.75 Å². The van der Waals surface area contributed by atoms with Crippen molar-refractivity contribution in [2.45, 2.75) is 12.5 Å². The molecule has 0 aromatic heterocycles. The molecule has 126 valence electrons. The van der Waals surface area contributed by atoms with Crippen molar-refractivity contribution >= 4 is 11.9 Å². The summed E-state index contributed by atoms with van der Waals surface area (Å²) in [6.07, 6.45) is -0.554. The van der Waals surface area contributed by atoms with Gasteiger partial charge in [0.2, 0.25) is 5.91 Å². The molecule has 2 rings (SSSR count). The van der Waals surface area contributed by atoms with Crippen molar-refractivity contribution < 1.29 is 28.9 Å². The Morgan fingerprint density at radius 2 is 2.04 bits per heavy atom. The van der Waals surface area contributed by atoms with Crippen LogP contribution in [0.5, 0.6) is 5.75 Å². The molecule has 23 heavy (non-hydrogen) atoms. The standard InChI is InChI=1S/C16H21NO6/c18-15(17-6-7-22-14(11-17)10-16(19)20)12-21-8-9-23-13-4-2-1-3-5-13/h1-5,14H,6-12H2,(H,19,20)/t14-/m1/s1. The molecule has 1 aliphatic rings. The minimum Gasteiger partial charge on any atom is -0.491 e. The van der Waals surface area contributed by atoms with E-state index in [1.165, 1.54) is 0 Å². The van der Waals surface area contributed by atoms with Gasteiger partial charge in [-0.25, -0.2) is 0 Å². The summed E-state index contributed by atoms with van der Waals surface area (Å²) in [6, 6.07) is 9.36. The molecule has 1 amide bonds. The molecule has 1 heterocycles. The van der Waals surface area contributed by atoms with Gasteiger partial charge >= 0.3 is 5.97 Å². The van der Waals surface area contributed by atoms with Crippen LogP contribution in [0.2, 0.25) is 0 Å². The molecule has 1 atom stereocenters. The number of carbonyl (C=O) groups is 2. The van der Waals surface area contributed by atoms with Crippen LogP contribution in [0, 0.1) is 0 Å². The zero-order valence-electron chi connectivity index (χ0n) is 12.8. The topological polar surface area (TPSA) is 85.3 Å². The molecule has 7 nitrogen and oxygen atoms in total. The molecule has 0 saturated carbocycles. The number of para-hydroxylation sites is 1. The number of carbonyl (C=O) groups excluding carboxylic acids is 1. The molecule has 1 aromatic carbocycles. The van der Waals surface area contributed by atoms with Crippen molar-refractivity contribution in [2.75, 3.05) is 39.5 Å². The number of aliphatic carboxylic acids is 1. The van der Waals surface area contributed by atoms with Gasteiger partial charge in [-0.2, -0.15) is 0 Å². The first-order valence-electron chi connectivity index (χ1n) is 7.52. The first-order valence-corrected chi connectivity index (χ1v) is 7.52. The second-order valence-electron chi connectivity index (χ2n) is 5.14. The quantitative estimate of drug-likeness (QED) is 0.712. The van der Waals surface area contributed by atoms with Crippen LogP contribution in [0.3, 0.4) is 0 Å². The van der Waals surface area contributed by atoms with Crippen LogP contribution in [0.4, 0.5) is 0 Å². The third kappa shape index (κ3) is 6.25. The second kappa shape index (κ2) is 9.12. The second-order valence-corrected chi connectivity index (χ2v) is 5.14. The van der Waals surface area contributed by atoms with Crippen molar-refractivity contribution in [2.24, 2.45) is 0 Å². The fraction of sp³-hybridized carbons (Fsp3) is 0.500. The summed E-state index contributed by atoms with van der Waals surface area (Å²) in [5.74, 6) is -0.339. The van der Waals surface area contributed by atoms with Crippen molar-refractivity contribution in [3.05, 3.63) is 30.3 Å². The van der Waals surface area contributed by atoms with Crippen LogP contribution < -0.4 is 4.74 Å². The highest BCUT2D eigenvalue weighted by Crippen LogP contribution is 2.09. The minimum absolute atomic E-state index is 0.0437. The normalized spacial score (nSPS) is 17.7. The average Bonchev–Trinajstić information content (AvgIpc) is 2.55. The monoisotopic (exact) mass is 323 g/mol. The summed E-state index contributed by atoms with van der Waals surface area (Å²) in [6.45, 7) is 1.72. The van der Waals surface area contributed by atoms with Gasteiger partial charge in [-0.3, -0.25) is 9.59 Å². The zero-order chi connectivity index (χ0) is 16.5. The predicted octanol–water partition coefficient (Wildman–Crippen LogP) is 0.784. The van der Waals surface area contributed by atoms with Crippen LogP contribution in [-0.4, -0.2) is 67.5 Å². The zero-order valence-corrected chi connectivity index (χ0v) is 12.8. The van der Waals surface area contributed by atoms with Crippen LogP contribution in [-0.2, 0) is 19.1 Å². The number of hydrogen-bond donors (Lipinski definition) is 1. The smallest absolute Gasteiger partial charge is 0.306 e. The Morgan fingerprint density at radius 1 is 1.26 bits per heavy atom. The fourth-order valence-corrected chi connectivity index (χ4v) is 2.25. The average molecular weight is 323 g/mol. The van der Waals surface area contributed by atoms with Gasteiger partial charge in [0.1, 0.15) is 19.0 Å². The van der Waals surface area contributed by atoms with Gasteiger partial charge in [-0.15, -0.1) is 0 Å². The maximum atomic E-state index is 12.0. The molecule has 1 aliphatic heterocycles. The number of ether oxygens (including phenoxy) is 3. The molecule has 0 radical (unpaired) electrons. The third-order valence-electron chi connectivity index (χ3n) is 3.36. The Balaban J connectivity index is 1.61. The highest BCUT2D eigenvalue weighted by atomic mass is 16.5. The molecular formula is C16H21NO6. The number of amides is 1. The van der Waals surface area contributed by atoms with E-state index in [9.17, 15) is 9.59 Å². The largest absolute Gasteiger partial charge is 0.491 e. The lowest BCUT2D eigenvalue weighted by Crippen LogP contribution is -2.47. The van der Waals surface area contributed by atoms with Crippen molar-refractivity contribution in [3.8, 4) is 5.75 Å². The molecule has 7 heteroatoms. The first-order chi connectivity index (χ1) is 11.1. The van der Waals surface area contributed by atoms with E-state index in [1.54, 1.807) is 4.90 Å². The van der Waals surface area contributed by atoms with Gasteiger partial charge < -0.3 is 24.2 Å². The fourth-order valence-electron chi connectivity index (χ4n) is 2.25. The van der Waals surface area contributed by atoms with Gasteiger partial charge in [-0.1, -0.05) is 18.2 Å². The predicted molar refractivity (Wildman–Crippen MR) is 81.3 cm³/mol. The van der Waals surface area contributed by atoms with E-state index >= 15 is 0 Å². The summed E-state index contributed by atoms with van der Waals surface area (Å²) in [5, 5.41) is 8.76. The molecule has 0 spiro atoms. The molecule has 1 N–H and O–H groups in total. The SMILES string of the molecule is O=C(O)C[C@@H]1CN(C(=O)COCCOc2ccccc2)CCO1. The number of carboxylic acids is 1. The van der Waals surface area contributed by atoms with E-state index in [-0.39, 0.29) is 25.5 Å². The van der Waals surface area contributed by atoms with Crippen LogP contribution in [0.1, 0.15) is 6.42 Å². The summed E-state index contributed by atoms with van der Waals surface area (Å²) in [4.78, 5) is 24.3. The van der Waals surface area contributed by atoms with Gasteiger partial charge in [0.05, 0.1) is 25.7 Å². The maximum absolute atomic E-state index is 12.0. The lowest BCUT2D eigenvalue weighted by molar-refractivity contribution is -0.150. The number of hydrogen-bond acceptors (Lipinski definition) is 5. The molecule has 0 bridgehead atoms. The highest BCUT2D eigenvalue weighted by Gasteiger charge is 2.25. The van der Waals surface area contributed by atoms with Gasteiger partial charge in [0, 0.05) is 13.1 Å². The van der Waals surface area contributed by atoms with E-state index < -0.39 is 12.1 Å². The number of rotatable bonds is 8. The van der Waals surface area contributed by atoms with E-state index in [4.69, 9.17) is 19.3 Å². The van der Waals surface area contributed by atoms with E-state index in [0.29, 0.717) is 26.4 Å². The first kappa shape index (κ1) is 17.2. The Labute approximate surface area is 134 Å². The van der Waals surface area contributed by atoms with Crippen LogP contribution >= 0.6 is 0 Å². The van der Waals surface area contributed by atoms with Crippen LogP contribution in [0.15, 0.2) is 30.3 Å². The highest BCUT2D eigenvalue weighted by molar-refractivity contribution is 5.77. The number of benzene rings is 1. The molecular weight excluding hydrogens is 302 g/mol. The number of carboxylic acid groups (broad SMARTS) is 1. The number of morpholine rings is 1. The Hall–Kier alpha value is -2.12. The summed E-state index contributed by atoms with van der Waals surface area (Å²) in [7, 11) is 0. The van der Waals surface area contributed by atoms with Crippen LogP contribution in [0.25, 0.3) is 0 Å².